The van der Waals surface area contributed by atoms with E-state index in [0.717, 1.165) is 18.3 Å². The van der Waals surface area contributed by atoms with Gasteiger partial charge in [0.25, 0.3) is 0 Å². The first-order valence-corrected chi connectivity index (χ1v) is 6.98. The first kappa shape index (κ1) is 16.4. The molecule has 0 aliphatic heterocycles. The summed E-state index contributed by atoms with van der Waals surface area (Å²) in [5.74, 6) is -0.427. The van der Waals surface area contributed by atoms with Crippen molar-refractivity contribution in [1.29, 1.82) is 0 Å². The molecule has 10 heteroatoms. The van der Waals surface area contributed by atoms with Crippen LogP contribution >= 0.6 is 0 Å². The Hall–Kier alpha value is -1.62. The Bertz CT molecular complexity index is 555. The Morgan fingerprint density at radius 1 is 1.35 bits per heavy atom. The van der Waals surface area contributed by atoms with E-state index < -0.39 is 33.1 Å². The molecule has 0 saturated heterocycles. The maximum atomic E-state index is 12.0. The summed E-state index contributed by atoms with van der Waals surface area (Å²) < 4.78 is 36.3. The smallest absolute Gasteiger partial charge is 0.358 e. The molecular weight excluding hydrogens is 290 g/mol. The van der Waals surface area contributed by atoms with Crippen molar-refractivity contribution in [2.75, 3.05) is 14.2 Å². The summed E-state index contributed by atoms with van der Waals surface area (Å²) in [6.45, 7) is 1.56. The molecule has 1 unspecified atom stereocenters. The first-order chi connectivity index (χ1) is 9.31. The Labute approximate surface area is 116 Å². The summed E-state index contributed by atoms with van der Waals surface area (Å²) in [5.41, 5.74) is 0. The van der Waals surface area contributed by atoms with E-state index in [2.05, 4.69) is 9.71 Å². The Balaban J connectivity index is 2.91. The third-order valence-electron chi connectivity index (χ3n) is 2.43. The molecule has 0 saturated carbocycles. The summed E-state index contributed by atoms with van der Waals surface area (Å²) in [7, 11) is -1.10. The fourth-order valence-electron chi connectivity index (χ4n) is 1.51. The molecule has 1 rings (SSSR count). The lowest BCUT2D eigenvalue weighted by Gasteiger charge is -2.21. The number of nitrogens with zero attached hydrogens (tertiary/aromatic N) is 2. The normalized spacial score (nSPS) is 13.4. The van der Waals surface area contributed by atoms with Gasteiger partial charge in [0.05, 0.1) is 6.04 Å². The van der Waals surface area contributed by atoms with Crippen LogP contribution in [0.3, 0.4) is 0 Å². The second-order valence-corrected chi connectivity index (χ2v) is 5.57. The molecule has 9 nitrogen and oxygen atoms in total. The van der Waals surface area contributed by atoms with Crippen LogP contribution in [0.15, 0.2) is 23.2 Å². The number of pyridine rings is 1. The summed E-state index contributed by atoms with van der Waals surface area (Å²) >= 11 is 0. The Morgan fingerprint density at radius 3 is 2.35 bits per heavy atom. The number of ether oxygens (including phenoxy) is 2. The first-order valence-electron chi connectivity index (χ1n) is 5.50. The van der Waals surface area contributed by atoms with Crippen molar-refractivity contribution in [1.82, 2.24) is 9.71 Å². The van der Waals surface area contributed by atoms with Gasteiger partial charge in [-0.05, 0) is 22.9 Å². The average Bonchev–Trinajstić information content (AvgIpc) is 2.39. The third kappa shape index (κ3) is 3.93. The van der Waals surface area contributed by atoms with Gasteiger partial charge in [-0.25, -0.2) is 13.1 Å². The van der Waals surface area contributed by atoms with Crippen molar-refractivity contribution >= 4 is 15.8 Å². The maximum absolute atomic E-state index is 12.0. The fraction of sp³-hybridized carbons (Fsp3) is 0.500. The summed E-state index contributed by atoms with van der Waals surface area (Å²) in [4.78, 5) is 13.0. The van der Waals surface area contributed by atoms with E-state index >= 15 is 0 Å². The molecule has 0 radical (unpaired) electrons. The minimum Gasteiger partial charge on any atom is -0.358 e. The van der Waals surface area contributed by atoms with Gasteiger partial charge in [-0.1, -0.05) is 0 Å². The van der Waals surface area contributed by atoms with Crippen molar-refractivity contribution in [3.05, 3.63) is 28.4 Å². The quantitative estimate of drug-likeness (QED) is 0.436. The molecular formula is C10H15N3O6S. The van der Waals surface area contributed by atoms with Crippen molar-refractivity contribution in [2.45, 2.75) is 24.2 Å². The highest BCUT2D eigenvalue weighted by Crippen LogP contribution is 2.13. The summed E-state index contributed by atoms with van der Waals surface area (Å²) in [5, 5.41) is 10.5. The van der Waals surface area contributed by atoms with Gasteiger partial charge in [-0.15, -0.1) is 0 Å². The van der Waals surface area contributed by atoms with Crippen molar-refractivity contribution in [3.8, 4) is 0 Å². The van der Waals surface area contributed by atoms with Crippen LogP contribution in [0.1, 0.15) is 6.92 Å². The van der Waals surface area contributed by atoms with Gasteiger partial charge in [0.15, 0.2) is 12.5 Å². The third-order valence-corrected chi connectivity index (χ3v) is 3.98. The zero-order valence-electron chi connectivity index (χ0n) is 11.1. The standard InChI is InChI=1S/C10H15N3O6S/c1-7(10(18-2)19-3)12-20(16,17)8-4-5-9(11-6-8)13(14)15/h4-7,10,12H,1-3H3. The molecule has 0 aromatic carbocycles. The number of nitrogens with one attached hydrogen (secondary N) is 1. The predicted molar refractivity (Wildman–Crippen MR) is 68.5 cm³/mol. The Morgan fingerprint density at radius 2 is 1.95 bits per heavy atom. The minimum absolute atomic E-state index is 0.180. The molecule has 1 N–H and O–H groups in total. The van der Waals surface area contributed by atoms with E-state index in [9.17, 15) is 18.5 Å². The van der Waals surface area contributed by atoms with Crippen LogP contribution in [0.4, 0.5) is 5.82 Å². The zero-order valence-corrected chi connectivity index (χ0v) is 12.0. The molecule has 0 fully saturated rings. The number of nitro groups is 1. The van der Waals surface area contributed by atoms with Gasteiger partial charge >= 0.3 is 5.82 Å². The number of rotatable bonds is 7. The maximum Gasteiger partial charge on any atom is 0.363 e. The van der Waals surface area contributed by atoms with E-state index in [-0.39, 0.29) is 4.90 Å². The zero-order chi connectivity index (χ0) is 15.3. The van der Waals surface area contributed by atoms with Crippen LogP contribution in [0.25, 0.3) is 0 Å². The summed E-state index contributed by atoms with van der Waals surface area (Å²) in [6.07, 6.45) is 0.165. The molecule has 1 aromatic heterocycles. The lowest BCUT2D eigenvalue weighted by molar-refractivity contribution is -0.389. The predicted octanol–water partition coefficient (Wildman–Crippen LogP) is 0.275. The highest BCUT2D eigenvalue weighted by Gasteiger charge is 2.25. The lowest BCUT2D eigenvalue weighted by atomic mass is 10.3. The van der Waals surface area contributed by atoms with E-state index in [1.165, 1.54) is 14.2 Å². The SMILES string of the molecule is COC(OC)C(C)NS(=O)(=O)c1ccc([N+](=O)[O-])nc1. The molecule has 1 atom stereocenters. The van der Waals surface area contributed by atoms with Crippen LogP contribution in [0.5, 0.6) is 0 Å². The van der Waals surface area contributed by atoms with Crippen molar-refractivity contribution in [3.63, 3.8) is 0 Å². The second-order valence-electron chi connectivity index (χ2n) is 3.86. The van der Waals surface area contributed by atoms with E-state index in [1.54, 1.807) is 6.92 Å². The van der Waals surface area contributed by atoms with Gasteiger partial charge in [-0.2, -0.15) is 0 Å². The van der Waals surface area contributed by atoms with E-state index in [1.807, 2.05) is 0 Å². The van der Waals surface area contributed by atoms with Gasteiger partial charge in [-0.3, -0.25) is 0 Å². The van der Waals surface area contributed by atoms with Gasteiger partial charge in [0, 0.05) is 20.3 Å². The average molecular weight is 305 g/mol. The van der Waals surface area contributed by atoms with Crippen LogP contribution < -0.4 is 4.72 Å². The fourth-order valence-corrected chi connectivity index (χ4v) is 2.69. The van der Waals surface area contributed by atoms with Crippen LogP contribution in [0.2, 0.25) is 0 Å². The molecule has 1 heterocycles. The molecule has 1 aromatic rings. The summed E-state index contributed by atoms with van der Waals surface area (Å²) in [6, 6.07) is 1.48. The number of hydrogen-bond donors (Lipinski definition) is 1. The highest BCUT2D eigenvalue weighted by atomic mass is 32.2. The Kier molecular flexibility index (Phi) is 5.51. The molecule has 0 bridgehead atoms. The van der Waals surface area contributed by atoms with Crippen molar-refractivity contribution in [2.24, 2.45) is 0 Å². The topological polar surface area (TPSA) is 121 Å². The van der Waals surface area contributed by atoms with E-state index in [0.29, 0.717) is 0 Å². The highest BCUT2D eigenvalue weighted by molar-refractivity contribution is 7.89. The molecule has 20 heavy (non-hydrogen) atoms. The van der Waals surface area contributed by atoms with Crippen LogP contribution in [0, 0.1) is 10.1 Å². The number of aromatic nitrogens is 1. The second kappa shape index (κ2) is 6.70. The number of sulfonamides is 1. The largest absolute Gasteiger partial charge is 0.363 e. The van der Waals surface area contributed by atoms with Crippen molar-refractivity contribution < 1.29 is 22.8 Å². The van der Waals surface area contributed by atoms with Gasteiger partial charge in [0.1, 0.15) is 4.90 Å². The molecule has 0 amide bonds. The lowest BCUT2D eigenvalue weighted by Crippen LogP contribution is -2.42. The van der Waals surface area contributed by atoms with Gasteiger partial charge < -0.3 is 19.6 Å². The molecule has 0 spiro atoms. The molecule has 112 valence electrons. The number of hydrogen-bond acceptors (Lipinski definition) is 7. The number of methoxy groups -OCH3 is 2. The van der Waals surface area contributed by atoms with E-state index in [4.69, 9.17) is 9.47 Å². The molecule has 0 aliphatic carbocycles. The van der Waals surface area contributed by atoms with Crippen LogP contribution in [-0.4, -0.2) is 44.9 Å². The minimum atomic E-state index is -3.86. The van der Waals surface area contributed by atoms with Crippen LogP contribution in [-0.2, 0) is 19.5 Å². The molecule has 0 aliphatic rings. The monoisotopic (exact) mass is 305 g/mol. The van der Waals surface area contributed by atoms with Gasteiger partial charge in [0.2, 0.25) is 10.0 Å².